The lowest BCUT2D eigenvalue weighted by molar-refractivity contribution is -0.136. The number of benzene rings is 1. The highest BCUT2D eigenvalue weighted by molar-refractivity contribution is 7.94. The van der Waals surface area contributed by atoms with Crippen LogP contribution in [0.5, 0.6) is 0 Å². The molecule has 0 bridgehead atoms. The number of aliphatic carboxylic acids is 1. The lowest BCUT2D eigenvalue weighted by Crippen LogP contribution is -2.17. The van der Waals surface area contributed by atoms with E-state index in [4.69, 9.17) is 5.11 Å². The van der Waals surface area contributed by atoms with Gasteiger partial charge < -0.3 is 15.7 Å². The highest BCUT2D eigenvalue weighted by Gasteiger charge is 2.24. The second-order valence-corrected chi connectivity index (χ2v) is 8.75. The molecule has 1 aliphatic heterocycles. The van der Waals surface area contributed by atoms with E-state index in [0.717, 1.165) is 11.7 Å². The van der Waals surface area contributed by atoms with Gasteiger partial charge in [-0.3, -0.25) is 4.79 Å². The van der Waals surface area contributed by atoms with Gasteiger partial charge in [0.2, 0.25) is 9.84 Å². The number of fused-ring (bicyclic) bond motifs is 1. The predicted octanol–water partition coefficient (Wildman–Crippen LogP) is 0.616. The van der Waals surface area contributed by atoms with Crippen LogP contribution in [0.15, 0.2) is 34.2 Å². The molecule has 22 heavy (non-hydrogen) atoms. The average molecular weight is 346 g/mol. The third-order valence-electron chi connectivity index (χ3n) is 2.76. The highest BCUT2D eigenvalue weighted by atomic mass is 32.2. The number of carbonyl (C=O) groups is 1. The molecule has 0 spiro atoms. The van der Waals surface area contributed by atoms with E-state index >= 15 is 0 Å². The zero-order valence-electron chi connectivity index (χ0n) is 11.5. The lowest BCUT2D eigenvalue weighted by Gasteiger charge is -2.19. The summed E-state index contributed by atoms with van der Waals surface area (Å²) in [4.78, 5) is 10.6. The first-order valence-corrected chi connectivity index (χ1v) is 9.68. The molecule has 0 amide bonds. The minimum absolute atomic E-state index is 0.0415. The second kappa shape index (κ2) is 5.61. The van der Waals surface area contributed by atoms with Gasteiger partial charge in [0, 0.05) is 17.6 Å². The molecule has 1 aliphatic rings. The Balaban J connectivity index is 2.33. The number of sulfone groups is 2. The molecule has 0 atom stereocenters. The molecule has 1 aromatic carbocycles. The molecule has 0 unspecified atom stereocenters. The molecule has 0 radical (unpaired) electrons. The Morgan fingerprint density at radius 2 is 2.05 bits per heavy atom. The number of hydrogen-bond acceptors (Lipinski definition) is 7. The Labute approximate surface area is 127 Å². The van der Waals surface area contributed by atoms with Crippen molar-refractivity contribution < 1.29 is 26.7 Å². The first-order valence-electron chi connectivity index (χ1n) is 6.07. The molecular weight excluding hydrogens is 332 g/mol. The van der Waals surface area contributed by atoms with Crippen molar-refractivity contribution in [2.45, 2.75) is 11.3 Å². The second-order valence-electron chi connectivity index (χ2n) is 4.84. The monoisotopic (exact) mass is 346 g/mol. The first-order chi connectivity index (χ1) is 10.1. The van der Waals surface area contributed by atoms with Crippen molar-refractivity contribution in [3.8, 4) is 0 Å². The highest BCUT2D eigenvalue weighted by Crippen LogP contribution is 2.32. The number of anilines is 2. The summed E-state index contributed by atoms with van der Waals surface area (Å²) in [6, 6.07) is 4.26. The van der Waals surface area contributed by atoms with Crippen LogP contribution in [0.1, 0.15) is 6.42 Å². The van der Waals surface area contributed by atoms with Crippen LogP contribution >= 0.6 is 0 Å². The number of nitrogens with one attached hydrogen (secondary N) is 2. The maximum absolute atomic E-state index is 12.2. The van der Waals surface area contributed by atoms with Gasteiger partial charge in [-0.1, -0.05) is 0 Å². The van der Waals surface area contributed by atoms with E-state index < -0.39 is 32.1 Å². The van der Waals surface area contributed by atoms with Crippen molar-refractivity contribution in [2.75, 3.05) is 22.8 Å². The van der Waals surface area contributed by atoms with Crippen LogP contribution in [0.2, 0.25) is 0 Å². The lowest BCUT2D eigenvalue weighted by atomic mass is 10.2. The zero-order chi connectivity index (χ0) is 16.5. The summed E-state index contributed by atoms with van der Waals surface area (Å²) in [6.07, 6.45) is 0.615. The predicted molar refractivity (Wildman–Crippen MR) is 80.9 cm³/mol. The van der Waals surface area contributed by atoms with Crippen LogP contribution in [0.3, 0.4) is 0 Å². The number of carboxylic acid groups (broad SMARTS) is 1. The molecule has 0 saturated carbocycles. The van der Waals surface area contributed by atoms with Gasteiger partial charge in [0.05, 0.1) is 22.4 Å². The average Bonchev–Trinajstić information content (AvgIpc) is 2.34. The fourth-order valence-corrected chi connectivity index (χ4v) is 3.68. The van der Waals surface area contributed by atoms with Crippen LogP contribution in [-0.4, -0.2) is 40.0 Å². The summed E-state index contributed by atoms with van der Waals surface area (Å²) in [7, 11) is -7.04. The van der Waals surface area contributed by atoms with E-state index in [1.54, 1.807) is 0 Å². The normalized spacial score (nSPS) is 16.1. The molecule has 2 rings (SSSR count). The number of hydrogen-bond donors (Lipinski definition) is 3. The van der Waals surface area contributed by atoms with Crippen molar-refractivity contribution in [2.24, 2.45) is 0 Å². The maximum atomic E-state index is 12.2. The van der Waals surface area contributed by atoms with Crippen molar-refractivity contribution in [3.05, 3.63) is 29.3 Å². The Morgan fingerprint density at radius 1 is 1.36 bits per heavy atom. The Hall–Kier alpha value is -2.07. The van der Waals surface area contributed by atoms with Crippen molar-refractivity contribution >= 4 is 37.0 Å². The summed E-state index contributed by atoms with van der Waals surface area (Å²) in [5.74, 6) is -1.47. The third-order valence-corrected chi connectivity index (χ3v) is 4.98. The number of rotatable bonds is 5. The SMILES string of the molecule is CS(=O)(=O)CNc1ccc2c(c1)S(=O)(=O)C=C(CC(=O)O)N2. The van der Waals surface area contributed by atoms with E-state index in [1.807, 2.05) is 0 Å². The molecule has 0 aliphatic carbocycles. The maximum Gasteiger partial charge on any atom is 0.309 e. The Bertz CT molecular complexity index is 856. The summed E-state index contributed by atoms with van der Waals surface area (Å²) < 4.78 is 46.5. The Morgan fingerprint density at radius 3 is 2.64 bits per heavy atom. The summed E-state index contributed by atoms with van der Waals surface area (Å²) >= 11 is 0. The van der Waals surface area contributed by atoms with Gasteiger partial charge in [0.1, 0.15) is 5.88 Å². The smallest absolute Gasteiger partial charge is 0.309 e. The molecule has 0 aromatic heterocycles. The van der Waals surface area contributed by atoms with E-state index in [-0.39, 0.29) is 22.2 Å². The van der Waals surface area contributed by atoms with E-state index in [1.165, 1.54) is 18.2 Å². The van der Waals surface area contributed by atoms with Crippen LogP contribution < -0.4 is 10.6 Å². The fourth-order valence-electron chi connectivity index (χ4n) is 1.89. The molecule has 10 heteroatoms. The molecule has 0 fully saturated rings. The van der Waals surface area contributed by atoms with Crippen LogP contribution in [0.25, 0.3) is 0 Å². The minimum Gasteiger partial charge on any atom is -0.481 e. The molecule has 3 N–H and O–H groups in total. The first kappa shape index (κ1) is 16.3. The van der Waals surface area contributed by atoms with Gasteiger partial charge in [-0.05, 0) is 18.2 Å². The van der Waals surface area contributed by atoms with Gasteiger partial charge in [-0.2, -0.15) is 0 Å². The van der Waals surface area contributed by atoms with Crippen molar-refractivity contribution in [1.29, 1.82) is 0 Å². The third kappa shape index (κ3) is 3.98. The summed E-state index contributed by atoms with van der Waals surface area (Å²) in [6.45, 7) is 0. The topological polar surface area (TPSA) is 130 Å². The molecule has 8 nitrogen and oxygen atoms in total. The molecule has 1 heterocycles. The molecule has 0 saturated heterocycles. The van der Waals surface area contributed by atoms with Crippen molar-refractivity contribution in [1.82, 2.24) is 0 Å². The molecule has 120 valence electrons. The van der Waals surface area contributed by atoms with Crippen molar-refractivity contribution in [3.63, 3.8) is 0 Å². The van der Waals surface area contributed by atoms with E-state index in [2.05, 4.69) is 10.6 Å². The van der Waals surface area contributed by atoms with Gasteiger partial charge in [-0.25, -0.2) is 16.8 Å². The fraction of sp³-hybridized carbons (Fsp3) is 0.250. The van der Waals surface area contributed by atoms with Gasteiger partial charge in [0.25, 0.3) is 0 Å². The quantitative estimate of drug-likeness (QED) is 0.707. The minimum atomic E-state index is -3.79. The standard InChI is InChI=1S/C12H14N2O6S2/c1-21(17,18)7-13-8-2-3-10-11(4-8)22(19,20)6-9(14-10)5-12(15)16/h2-4,6,13-14H,5,7H2,1H3,(H,15,16). The van der Waals surface area contributed by atoms with Gasteiger partial charge >= 0.3 is 5.97 Å². The van der Waals surface area contributed by atoms with E-state index in [0.29, 0.717) is 5.69 Å². The Kier molecular flexibility index (Phi) is 4.16. The zero-order valence-corrected chi connectivity index (χ0v) is 13.2. The summed E-state index contributed by atoms with van der Waals surface area (Å²) in [5.41, 5.74) is 0.658. The largest absolute Gasteiger partial charge is 0.481 e. The van der Waals surface area contributed by atoms with Crippen LogP contribution in [0, 0.1) is 0 Å². The van der Waals surface area contributed by atoms with Gasteiger partial charge in [0.15, 0.2) is 9.84 Å². The van der Waals surface area contributed by atoms with Crippen LogP contribution in [0.4, 0.5) is 11.4 Å². The summed E-state index contributed by atoms with van der Waals surface area (Å²) in [5, 5.41) is 15.0. The number of carboxylic acids is 1. The van der Waals surface area contributed by atoms with Crippen LogP contribution in [-0.2, 0) is 24.5 Å². The molecule has 1 aromatic rings. The molecular formula is C12H14N2O6S2. The van der Waals surface area contributed by atoms with E-state index in [9.17, 15) is 21.6 Å². The van der Waals surface area contributed by atoms with Gasteiger partial charge in [-0.15, -0.1) is 0 Å².